The second-order valence-corrected chi connectivity index (χ2v) is 4.86. The third-order valence-electron chi connectivity index (χ3n) is 3.00. The minimum atomic E-state index is 0.319. The number of hydrogen-bond donors (Lipinski definition) is 2. The van der Waals surface area contributed by atoms with Gasteiger partial charge in [0.1, 0.15) is 5.75 Å². The molecule has 2 rings (SSSR count). The molecular weight excluding hydrogens is 210 g/mol. The van der Waals surface area contributed by atoms with Crippen LogP contribution >= 0.6 is 11.6 Å². The van der Waals surface area contributed by atoms with Gasteiger partial charge in [-0.1, -0.05) is 18.5 Å². The predicted molar refractivity (Wildman–Crippen MR) is 62.1 cm³/mol. The first-order valence-electron chi connectivity index (χ1n) is 5.36. The number of nitrogens with one attached hydrogen (secondary N) is 1. The van der Waals surface area contributed by atoms with Crippen LogP contribution < -0.4 is 5.32 Å². The smallest absolute Gasteiger partial charge is 0.120 e. The molecule has 1 aliphatic rings. The van der Waals surface area contributed by atoms with Gasteiger partial charge in [0.05, 0.1) is 0 Å². The summed E-state index contributed by atoms with van der Waals surface area (Å²) in [6.45, 7) is 2.96. The summed E-state index contributed by atoms with van der Waals surface area (Å²) in [6, 6.07) is 5.76. The molecule has 2 nitrogen and oxygen atoms in total. The average molecular weight is 226 g/mol. The summed E-state index contributed by atoms with van der Waals surface area (Å²) in [5, 5.41) is 13.7. The van der Waals surface area contributed by atoms with E-state index in [1.807, 2.05) is 6.07 Å². The van der Waals surface area contributed by atoms with Crippen LogP contribution in [0, 0.1) is 5.92 Å². The van der Waals surface area contributed by atoms with Crippen LogP contribution in [0.2, 0.25) is 5.02 Å². The van der Waals surface area contributed by atoms with E-state index in [1.54, 1.807) is 12.1 Å². The van der Waals surface area contributed by atoms with Gasteiger partial charge in [-0.25, -0.2) is 0 Å². The third kappa shape index (κ3) is 2.64. The van der Waals surface area contributed by atoms with Crippen LogP contribution in [0.5, 0.6) is 5.75 Å². The maximum absolute atomic E-state index is 9.59. The number of benzene rings is 1. The number of hydrogen-bond acceptors (Lipinski definition) is 2. The average Bonchev–Trinajstić information content (AvgIpc) is 2.16. The molecule has 0 aromatic heterocycles. The van der Waals surface area contributed by atoms with Crippen molar-refractivity contribution in [2.45, 2.75) is 32.4 Å². The molecule has 0 saturated heterocycles. The van der Waals surface area contributed by atoms with Crippen molar-refractivity contribution in [3.63, 3.8) is 0 Å². The minimum absolute atomic E-state index is 0.319. The monoisotopic (exact) mass is 225 g/mol. The summed E-state index contributed by atoms with van der Waals surface area (Å²) in [4.78, 5) is 0. The van der Waals surface area contributed by atoms with Crippen molar-refractivity contribution in [2.24, 2.45) is 5.92 Å². The molecule has 2 N–H and O–H groups in total. The minimum Gasteiger partial charge on any atom is -0.508 e. The molecule has 0 atom stereocenters. The Morgan fingerprint density at radius 1 is 1.47 bits per heavy atom. The fraction of sp³-hybridized carbons (Fsp3) is 0.500. The van der Waals surface area contributed by atoms with Gasteiger partial charge < -0.3 is 10.4 Å². The molecule has 1 aliphatic carbocycles. The highest BCUT2D eigenvalue weighted by molar-refractivity contribution is 6.30. The highest BCUT2D eigenvalue weighted by Crippen LogP contribution is 2.27. The van der Waals surface area contributed by atoms with E-state index in [1.165, 1.54) is 12.8 Å². The lowest BCUT2D eigenvalue weighted by molar-refractivity contribution is 0.239. The molecule has 0 amide bonds. The zero-order valence-electron chi connectivity index (χ0n) is 8.83. The van der Waals surface area contributed by atoms with Gasteiger partial charge in [-0.15, -0.1) is 0 Å². The summed E-state index contributed by atoms with van der Waals surface area (Å²) in [5.41, 5.74) is 0.877. The van der Waals surface area contributed by atoms with Crippen LogP contribution in [0.4, 0.5) is 0 Å². The molecule has 1 aromatic rings. The number of aromatic hydroxyl groups is 1. The van der Waals surface area contributed by atoms with E-state index in [0.717, 1.165) is 11.5 Å². The topological polar surface area (TPSA) is 32.3 Å². The Kier molecular flexibility index (Phi) is 3.17. The standard InChI is InChI=1S/C12H16ClNO/c1-8-4-11(5-8)14-7-9-6-10(13)2-3-12(9)15/h2-3,6,8,11,14-15H,4-5,7H2,1H3. The van der Waals surface area contributed by atoms with Crippen molar-refractivity contribution in [1.29, 1.82) is 0 Å². The first kappa shape index (κ1) is 10.8. The summed E-state index contributed by atoms with van der Waals surface area (Å²) >= 11 is 5.86. The molecule has 1 aromatic carbocycles. The molecule has 82 valence electrons. The number of phenolic OH excluding ortho intramolecular Hbond substituents is 1. The van der Waals surface area contributed by atoms with Gasteiger partial charge in [0.2, 0.25) is 0 Å². The highest BCUT2D eigenvalue weighted by atomic mass is 35.5. The summed E-state index contributed by atoms with van der Waals surface area (Å²) < 4.78 is 0. The predicted octanol–water partition coefficient (Wildman–Crippen LogP) is 2.93. The Morgan fingerprint density at radius 2 is 2.20 bits per heavy atom. The maximum atomic E-state index is 9.59. The Labute approximate surface area is 95.3 Å². The van der Waals surface area contributed by atoms with Gasteiger partial charge in [0.25, 0.3) is 0 Å². The lowest BCUT2D eigenvalue weighted by Gasteiger charge is -2.33. The molecule has 3 heteroatoms. The molecule has 0 aliphatic heterocycles. The Morgan fingerprint density at radius 3 is 2.87 bits per heavy atom. The first-order valence-corrected chi connectivity index (χ1v) is 5.73. The summed E-state index contributed by atoms with van der Waals surface area (Å²) in [5.74, 6) is 1.16. The second-order valence-electron chi connectivity index (χ2n) is 4.43. The molecule has 15 heavy (non-hydrogen) atoms. The fourth-order valence-electron chi connectivity index (χ4n) is 2.02. The Balaban J connectivity index is 1.90. The van der Waals surface area contributed by atoms with E-state index >= 15 is 0 Å². The molecule has 0 unspecified atom stereocenters. The third-order valence-corrected chi connectivity index (χ3v) is 3.23. The van der Waals surface area contributed by atoms with Crippen LogP contribution in [0.3, 0.4) is 0 Å². The van der Waals surface area contributed by atoms with E-state index < -0.39 is 0 Å². The van der Waals surface area contributed by atoms with E-state index in [2.05, 4.69) is 12.2 Å². The zero-order chi connectivity index (χ0) is 10.8. The fourth-order valence-corrected chi connectivity index (χ4v) is 2.21. The Hall–Kier alpha value is -0.730. The van der Waals surface area contributed by atoms with Gasteiger partial charge in [0.15, 0.2) is 0 Å². The summed E-state index contributed by atoms with van der Waals surface area (Å²) in [6.07, 6.45) is 2.47. The van der Waals surface area contributed by atoms with Crippen molar-refractivity contribution >= 4 is 11.6 Å². The van der Waals surface area contributed by atoms with Crippen LogP contribution in [0.15, 0.2) is 18.2 Å². The molecule has 0 bridgehead atoms. The van der Waals surface area contributed by atoms with Gasteiger partial charge in [-0.3, -0.25) is 0 Å². The molecule has 0 heterocycles. The lowest BCUT2D eigenvalue weighted by atomic mass is 9.82. The zero-order valence-corrected chi connectivity index (χ0v) is 9.59. The van der Waals surface area contributed by atoms with Crippen LogP contribution in [0.25, 0.3) is 0 Å². The highest BCUT2D eigenvalue weighted by Gasteiger charge is 2.24. The largest absolute Gasteiger partial charge is 0.508 e. The molecular formula is C12H16ClNO. The number of halogens is 1. The number of rotatable bonds is 3. The molecule has 1 saturated carbocycles. The van der Waals surface area contributed by atoms with Gasteiger partial charge in [0, 0.05) is 23.2 Å². The normalized spacial score (nSPS) is 24.9. The van der Waals surface area contributed by atoms with Crippen molar-refractivity contribution in [3.05, 3.63) is 28.8 Å². The van der Waals surface area contributed by atoms with Crippen LogP contribution in [0.1, 0.15) is 25.3 Å². The van der Waals surface area contributed by atoms with Gasteiger partial charge >= 0.3 is 0 Å². The number of phenols is 1. The maximum Gasteiger partial charge on any atom is 0.120 e. The summed E-state index contributed by atoms with van der Waals surface area (Å²) in [7, 11) is 0. The first-order chi connectivity index (χ1) is 7.15. The van der Waals surface area contributed by atoms with E-state index in [0.29, 0.717) is 23.4 Å². The van der Waals surface area contributed by atoms with Crippen molar-refractivity contribution in [1.82, 2.24) is 5.32 Å². The molecule has 0 spiro atoms. The van der Waals surface area contributed by atoms with Crippen LogP contribution in [-0.2, 0) is 6.54 Å². The second kappa shape index (κ2) is 4.42. The van der Waals surface area contributed by atoms with Gasteiger partial charge in [-0.05, 0) is 37.0 Å². The van der Waals surface area contributed by atoms with Crippen molar-refractivity contribution < 1.29 is 5.11 Å². The van der Waals surface area contributed by atoms with Gasteiger partial charge in [-0.2, -0.15) is 0 Å². The van der Waals surface area contributed by atoms with Crippen LogP contribution in [-0.4, -0.2) is 11.1 Å². The van der Waals surface area contributed by atoms with E-state index in [-0.39, 0.29) is 0 Å². The molecule has 1 fully saturated rings. The van der Waals surface area contributed by atoms with E-state index in [4.69, 9.17) is 11.6 Å². The van der Waals surface area contributed by atoms with Crippen molar-refractivity contribution in [2.75, 3.05) is 0 Å². The molecule has 0 radical (unpaired) electrons. The Bertz CT molecular complexity index is 347. The quantitative estimate of drug-likeness (QED) is 0.829. The lowest BCUT2D eigenvalue weighted by Crippen LogP contribution is -2.39. The van der Waals surface area contributed by atoms with Crippen molar-refractivity contribution in [3.8, 4) is 5.75 Å². The SMILES string of the molecule is CC1CC(NCc2cc(Cl)ccc2O)C1. The van der Waals surface area contributed by atoms with E-state index in [9.17, 15) is 5.11 Å².